The third-order valence-corrected chi connectivity index (χ3v) is 4.95. The highest BCUT2D eigenvalue weighted by molar-refractivity contribution is 6.14. The minimum Gasteiger partial charge on any atom is -0.355 e. The van der Waals surface area contributed by atoms with Crippen molar-refractivity contribution in [3.63, 3.8) is 0 Å². The van der Waals surface area contributed by atoms with Crippen molar-refractivity contribution in [2.45, 2.75) is 53.0 Å². The largest absolute Gasteiger partial charge is 0.355 e. The highest BCUT2D eigenvalue weighted by Gasteiger charge is 2.25. The number of fused-ring (bicyclic) bond motifs is 1. The van der Waals surface area contributed by atoms with E-state index in [1.54, 1.807) is 31.3 Å². The first-order valence-corrected chi connectivity index (χ1v) is 10.1. The van der Waals surface area contributed by atoms with Gasteiger partial charge in [0.25, 0.3) is 11.8 Å². The molecule has 0 aliphatic carbocycles. The second-order valence-electron chi connectivity index (χ2n) is 8.69. The molecular formula is C23H29N5O2. The number of anilines is 1. The van der Waals surface area contributed by atoms with Crippen LogP contribution in [0, 0.1) is 6.92 Å². The number of hydrogen-bond donors (Lipinski definition) is 2. The highest BCUT2D eigenvalue weighted by atomic mass is 16.2. The van der Waals surface area contributed by atoms with Gasteiger partial charge < -0.3 is 10.6 Å². The van der Waals surface area contributed by atoms with Crippen molar-refractivity contribution in [1.82, 2.24) is 20.1 Å². The number of nitrogens with zero attached hydrogens (tertiary/aromatic N) is 3. The second-order valence-corrected chi connectivity index (χ2v) is 8.69. The minimum absolute atomic E-state index is 0.141. The molecule has 7 heteroatoms. The van der Waals surface area contributed by atoms with Gasteiger partial charge in [-0.2, -0.15) is 5.10 Å². The van der Waals surface area contributed by atoms with E-state index in [4.69, 9.17) is 4.98 Å². The van der Waals surface area contributed by atoms with Crippen LogP contribution in [0.15, 0.2) is 30.3 Å². The number of para-hydroxylation sites is 1. The van der Waals surface area contributed by atoms with Gasteiger partial charge in [-0.3, -0.25) is 9.59 Å². The summed E-state index contributed by atoms with van der Waals surface area (Å²) in [7, 11) is 1.56. The van der Waals surface area contributed by atoms with Crippen LogP contribution in [0.25, 0.3) is 11.0 Å². The molecule has 30 heavy (non-hydrogen) atoms. The Morgan fingerprint density at radius 3 is 2.33 bits per heavy atom. The third kappa shape index (κ3) is 3.92. The van der Waals surface area contributed by atoms with Crippen molar-refractivity contribution in [2.75, 3.05) is 12.4 Å². The molecule has 2 N–H and O–H groups in total. The van der Waals surface area contributed by atoms with Crippen molar-refractivity contribution in [2.24, 2.45) is 0 Å². The van der Waals surface area contributed by atoms with Crippen molar-refractivity contribution in [3.05, 3.63) is 52.8 Å². The van der Waals surface area contributed by atoms with E-state index in [-0.39, 0.29) is 23.3 Å². The van der Waals surface area contributed by atoms with E-state index >= 15 is 0 Å². The monoisotopic (exact) mass is 407 g/mol. The molecule has 0 spiro atoms. The molecule has 0 unspecified atom stereocenters. The quantitative estimate of drug-likeness (QED) is 0.677. The van der Waals surface area contributed by atoms with Crippen molar-refractivity contribution < 1.29 is 9.59 Å². The summed E-state index contributed by atoms with van der Waals surface area (Å²) >= 11 is 0. The summed E-state index contributed by atoms with van der Waals surface area (Å²) in [5, 5.41) is 10.9. The molecule has 0 aliphatic rings. The lowest BCUT2D eigenvalue weighted by Gasteiger charge is -2.20. The molecule has 0 aliphatic heterocycles. The molecule has 0 radical (unpaired) electrons. The SMILES string of the molecule is CNC(=O)c1ccccc1NC(=O)c1cc(C(C)C)nc2c1c(C)nn2C(C)(C)C. The van der Waals surface area contributed by atoms with Crippen LogP contribution in [-0.4, -0.2) is 33.6 Å². The molecule has 0 bridgehead atoms. The van der Waals surface area contributed by atoms with E-state index in [1.807, 2.05) is 31.5 Å². The number of pyridine rings is 1. The van der Waals surface area contributed by atoms with Crippen LogP contribution < -0.4 is 10.6 Å². The van der Waals surface area contributed by atoms with Gasteiger partial charge in [0, 0.05) is 12.7 Å². The van der Waals surface area contributed by atoms with Crippen molar-refractivity contribution in [3.8, 4) is 0 Å². The van der Waals surface area contributed by atoms with E-state index in [2.05, 4.69) is 36.5 Å². The molecule has 0 atom stereocenters. The van der Waals surface area contributed by atoms with Gasteiger partial charge in [-0.15, -0.1) is 0 Å². The zero-order valence-corrected chi connectivity index (χ0v) is 18.6. The van der Waals surface area contributed by atoms with Crippen LogP contribution in [-0.2, 0) is 5.54 Å². The fourth-order valence-corrected chi connectivity index (χ4v) is 3.37. The molecule has 3 rings (SSSR count). The summed E-state index contributed by atoms with van der Waals surface area (Å²) in [5.74, 6) is -0.412. The smallest absolute Gasteiger partial charge is 0.256 e. The van der Waals surface area contributed by atoms with Gasteiger partial charge in [-0.1, -0.05) is 26.0 Å². The fourth-order valence-electron chi connectivity index (χ4n) is 3.37. The van der Waals surface area contributed by atoms with Gasteiger partial charge in [0.05, 0.1) is 33.4 Å². The zero-order chi connectivity index (χ0) is 22.2. The molecule has 2 amide bonds. The van der Waals surface area contributed by atoms with E-state index in [1.165, 1.54) is 0 Å². The summed E-state index contributed by atoms with van der Waals surface area (Å²) in [6, 6.07) is 8.77. The average Bonchev–Trinajstić information content (AvgIpc) is 3.04. The normalized spacial score (nSPS) is 11.7. The first-order valence-electron chi connectivity index (χ1n) is 10.1. The Balaban J connectivity index is 2.17. The molecule has 0 fully saturated rings. The minimum atomic E-state index is -0.294. The Bertz CT molecular complexity index is 1120. The Morgan fingerprint density at radius 2 is 1.73 bits per heavy atom. The Hall–Kier alpha value is -3.22. The zero-order valence-electron chi connectivity index (χ0n) is 18.6. The van der Waals surface area contributed by atoms with Crippen LogP contribution in [0.4, 0.5) is 5.69 Å². The fraction of sp³-hybridized carbons (Fsp3) is 0.391. The highest BCUT2D eigenvalue weighted by Crippen LogP contribution is 2.29. The number of carbonyl (C=O) groups is 2. The van der Waals surface area contributed by atoms with Crippen LogP contribution >= 0.6 is 0 Å². The van der Waals surface area contributed by atoms with E-state index in [0.717, 1.165) is 16.8 Å². The molecular weight excluding hydrogens is 378 g/mol. The topological polar surface area (TPSA) is 88.9 Å². The Morgan fingerprint density at radius 1 is 1.07 bits per heavy atom. The number of amides is 2. The summed E-state index contributed by atoms with van der Waals surface area (Å²) in [5.41, 5.74) is 3.34. The molecule has 2 aromatic heterocycles. The number of aryl methyl sites for hydroxylation is 1. The third-order valence-electron chi connectivity index (χ3n) is 4.95. The summed E-state index contributed by atoms with van der Waals surface area (Å²) in [6.45, 7) is 12.1. The number of nitrogens with one attached hydrogen (secondary N) is 2. The molecule has 0 saturated heterocycles. The first kappa shape index (κ1) is 21.5. The lowest BCUT2D eigenvalue weighted by atomic mass is 10.0. The van der Waals surface area contributed by atoms with Crippen LogP contribution in [0.2, 0.25) is 0 Å². The number of hydrogen-bond acceptors (Lipinski definition) is 4. The summed E-state index contributed by atoms with van der Waals surface area (Å²) < 4.78 is 1.87. The Kier molecular flexibility index (Phi) is 5.65. The van der Waals surface area contributed by atoms with Crippen LogP contribution in [0.1, 0.15) is 72.6 Å². The van der Waals surface area contributed by atoms with Crippen LogP contribution in [0.5, 0.6) is 0 Å². The van der Waals surface area contributed by atoms with Gasteiger partial charge in [0.1, 0.15) is 0 Å². The standard InChI is InChI=1S/C23H29N5O2/c1-13(2)18-12-16(19-14(3)27-28(20(19)25-18)23(4,5)6)22(30)26-17-11-9-8-10-15(17)21(29)24-7/h8-13H,1-7H3,(H,24,29)(H,26,30). The van der Waals surface area contributed by atoms with Gasteiger partial charge in [-0.25, -0.2) is 9.67 Å². The van der Waals surface area contributed by atoms with Gasteiger partial charge in [0.15, 0.2) is 5.65 Å². The van der Waals surface area contributed by atoms with E-state index in [9.17, 15) is 9.59 Å². The second kappa shape index (κ2) is 7.89. The predicted octanol–water partition coefficient (Wildman–Crippen LogP) is 4.23. The van der Waals surface area contributed by atoms with E-state index in [0.29, 0.717) is 22.5 Å². The number of rotatable bonds is 4. The Labute approximate surface area is 176 Å². The maximum absolute atomic E-state index is 13.4. The molecule has 158 valence electrons. The summed E-state index contributed by atoms with van der Waals surface area (Å²) in [6.07, 6.45) is 0. The molecule has 1 aromatic carbocycles. The van der Waals surface area contributed by atoms with E-state index < -0.39 is 0 Å². The van der Waals surface area contributed by atoms with Crippen molar-refractivity contribution >= 4 is 28.5 Å². The lowest BCUT2D eigenvalue weighted by molar-refractivity contribution is 0.0964. The number of benzene rings is 1. The van der Waals surface area contributed by atoms with Crippen molar-refractivity contribution in [1.29, 1.82) is 0 Å². The van der Waals surface area contributed by atoms with Gasteiger partial charge in [-0.05, 0) is 51.8 Å². The molecule has 0 saturated carbocycles. The van der Waals surface area contributed by atoms with Crippen LogP contribution in [0.3, 0.4) is 0 Å². The predicted molar refractivity (Wildman–Crippen MR) is 119 cm³/mol. The van der Waals surface area contributed by atoms with Gasteiger partial charge in [0.2, 0.25) is 0 Å². The average molecular weight is 408 g/mol. The molecule has 3 aromatic rings. The molecule has 2 heterocycles. The maximum atomic E-state index is 13.4. The summed E-state index contributed by atoms with van der Waals surface area (Å²) in [4.78, 5) is 30.4. The number of aromatic nitrogens is 3. The number of carbonyl (C=O) groups excluding carboxylic acids is 2. The lowest BCUT2D eigenvalue weighted by Crippen LogP contribution is -2.24. The maximum Gasteiger partial charge on any atom is 0.256 e. The van der Waals surface area contributed by atoms with Gasteiger partial charge >= 0.3 is 0 Å². The molecule has 7 nitrogen and oxygen atoms in total. The first-order chi connectivity index (χ1) is 14.0.